The van der Waals surface area contributed by atoms with Crippen molar-refractivity contribution in [3.05, 3.63) is 12.7 Å². The molecule has 0 radical (unpaired) electrons. The number of aliphatic hydroxyl groups is 2. The number of carbonyl (C=O) groups excluding carboxylic acids is 3. The van der Waals surface area contributed by atoms with Gasteiger partial charge in [-0.25, -0.2) is 28.6 Å². The summed E-state index contributed by atoms with van der Waals surface area (Å²) in [5, 5.41) is 26.0. The average Bonchev–Trinajstić information content (AvgIpc) is 3.55. The minimum absolute atomic E-state index is 0.0305. The van der Waals surface area contributed by atoms with Crippen molar-refractivity contribution in [3.63, 3.8) is 0 Å². The second kappa shape index (κ2) is 16.5. The first-order valence-corrected chi connectivity index (χ1v) is 18.5. The normalized spacial score (nSPS) is 23.0. The van der Waals surface area contributed by atoms with Crippen LogP contribution in [0.25, 0.3) is 11.2 Å². The number of carbonyl (C=O) groups is 3. The third kappa shape index (κ3) is 11.6. The first kappa shape index (κ1) is 40.6. The van der Waals surface area contributed by atoms with E-state index in [4.69, 9.17) is 19.5 Å². The first-order chi connectivity index (χ1) is 22.7. The van der Waals surface area contributed by atoms with Gasteiger partial charge in [0.1, 0.15) is 42.5 Å². The van der Waals surface area contributed by atoms with Gasteiger partial charge in [0, 0.05) is 31.3 Å². The van der Waals surface area contributed by atoms with Crippen molar-refractivity contribution in [1.29, 1.82) is 0 Å². The number of aldehydes is 1. The Labute approximate surface area is 276 Å². The van der Waals surface area contributed by atoms with Crippen LogP contribution in [0.1, 0.15) is 32.9 Å². The van der Waals surface area contributed by atoms with Crippen LogP contribution < -0.4 is 16.4 Å². The van der Waals surface area contributed by atoms with Crippen molar-refractivity contribution in [2.24, 2.45) is 5.41 Å². The number of hydrogen-bond donors (Lipinski definition) is 9. The fourth-order valence-corrected chi connectivity index (χ4v) is 7.04. The molecule has 276 valence electrons. The molecule has 24 nitrogen and oxygen atoms in total. The zero-order chi connectivity index (χ0) is 36.8. The van der Waals surface area contributed by atoms with Crippen molar-refractivity contribution in [3.8, 4) is 0 Å². The van der Waals surface area contributed by atoms with E-state index in [1.807, 2.05) is 0 Å². The molecule has 49 heavy (non-hydrogen) atoms. The number of nitrogens with zero attached hydrogens (tertiary/aromatic N) is 4. The standard InChI is InChI=1S/C22H36N7O17P3/c1-22(2,17(33)20(34)25-6-4-13(31)24-5-3-7-30)9-43-49(40,41)46-48(38,39)42-8-12-16(45-47(35,36)37)15(32)21(44-12)29-11-28-14-18(23)26-10-27-19(14)29/h7,10-12,15-17,21,32-33H,3-6,8-9H2,1-2H3,(H,24,31)(H,25,34)(H,38,39)(H,40,41)(H2,23,26,27)(H2,35,36,37). The Morgan fingerprint density at radius 3 is 2.43 bits per heavy atom. The SMILES string of the molecule is CC(C)(COP(=O)(O)OP(=O)(O)OCC1OC(n2cnc3c(N)ncnc32)C(O)C1OP(=O)(O)O)C(O)C(=O)NCCC(=O)NCCC=O. The summed E-state index contributed by atoms with van der Waals surface area (Å²) in [5.74, 6) is -1.50. The molecule has 7 atom stereocenters. The van der Waals surface area contributed by atoms with E-state index in [0.717, 1.165) is 17.2 Å². The topological polar surface area (TPSA) is 364 Å². The maximum Gasteiger partial charge on any atom is 0.481 e. The number of aromatic nitrogens is 4. The molecule has 3 heterocycles. The third-order valence-corrected chi connectivity index (χ3v) is 9.76. The monoisotopic (exact) mass is 763 g/mol. The van der Waals surface area contributed by atoms with Gasteiger partial charge in [-0.1, -0.05) is 13.8 Å². The maximum atomic E-state index is 12.6. The Kier molecular flexibility index (Phi) is 13.7. The van der Waals surface area contributed by atoms with E-state index in [9.17, 15) is 57.9 Å². The second-order valence-electron chi connectivity index (χ2n) is 11.0. The maximum absolute atomic E-state index is 12.6. The minimum atomic E-state index is -5.55. The van der Waals surface area contributed by atoms with Crippen molar-refractivity contribution >= 4 is 58.6 Å². The molecule has 2 amide bonds. The molecule has 0 aromatic carbocycles. The van der Waals surface area contributed by atoms with Gasteiger partial charge in [0.25, 0.3) is 0 Å². The van der Waals surface area contributed by atoms with Gasteiger partial charge in [-0.3, -0.25) is 27.7 Å². The van der Waals surface area contributed by atoms with Crippen LogP contribution in [-0.4, -0.2) is 118 Å². The van der Waals surface area contributed by atoms with Gasteiger partial charge in [-0.2, -0.15) is 4.31 Å². The molecule has 1 aliphatic rings. The molecule has 1 fully saturated rings. The Hall–Kier alpha value is -2.79. The molecule has 2 aromatic heterocycles. The second-order valence-corrected chi connectivity index (χ2v) is 15.3. The molecule has 1 saturated heterocycles. The fourth-order valence-electron chi connectivity index (χ4n) is 4.21. The van der Waals surface area contributed by atoms with E-state index in [2.05, 4.69) is 34.4 Å². The summed E-state index contributed by atoms with van der Waals surface area (Å²) < 4.78 is 61.7. The summed E-state index contributed by atoms with van der Waals surface area (Å²) in [6.07, 6.45) is -6.19. The summed E-state index contributed by atoms with van der Waals surface area (Å²) in [6, 6.07) is 0. The highest BCUT2D eigenvalue weighted by Crippen LogP contribution is 2.61. The lowest BCUT2D eigenvalue weighted by Gasteiger charge is -2.30. The van der Waals surface area contributed by atoms with E-state index >= 15 is 0 Å². The Bertz CT molecular complexity index is 1640. The number of nitrogens with two attached hydrogens (primary N) is 1. The number of phosphoric ester groups is 3. The molecule has 7 unspecified atom stereocenters. The van der Waals surface area contributed by atoms with E-state index in [0.29, 0.717) is 6.29 Å². The number of amides is 2. The van der Waals surface area contributed by atoms with Crippen LogP contribution in [0.5, 0.6) is 0 Å². The number of nitrogen functional groups attached to an aromatic ring is 1. The van der Waals surface area contributed by atoms with Crippen LogP contribution >= 0.6 is 23.5 Å². The molecule has 1 aliphatic heterocycles. The largest absolute Gasteiger partial charge is 0.481 e. The highest BCUT2D eigenvalue weighted by Gasteiger charge is 2.50. The Morgan fingerprint density at radius 1 is 1.10 bits per heavy atom. The van der Waals surface area contributed by atoms with Crippen molar-refractivity contribution in [1.82, 2.24) is 30.2 Å². The number of nitrogens with one attached hydrogen (secondary N) is 2. The predicted octanol–water partition coefficient (Wildman–Crippen LogP) is -2.01. The molecule has 3 rings (SSSR count). The lowest BCUT2D eigenvalue weighted by Crippen LogP contribution is -2.46. The highest BCUT2D eigenvalue weighted by atomic mass is 31.3. The van der Waals surface area contributed by atoms with Gasteiger partial charge in [-0.15, -0.1) is 0 Å². The number of phosphoric acid groups is 3. The number of ether oxygens (including phenoxy) is 1. The van der Waals surface area contributed by atoms with Crippen LogP contribution in [0.3, 0.4) is 0 Å². The van der Waals surface area contributed by atoms with E-state index < -0.39 is 84.6 Å². The number of fused-ring (bicyclic) bond motifs is 1. The van der Waals surface area contributed by atoms with Gasteiger partial charge in [-0.05, 0) is 0 Å². The Morgan fingerprint density at radius 2 is 1.78 bits per heavy atom. The molecule has 0 aliphatic carbocycles. The van der Waals surface area contributed by atoms with E-state index in [1.54, 1.807) is 0 Å². The molecule has 0 spiro atoms. The van der Waals surface area contributed by atoms with Gasteiger partial charge in [0.05, 0.1) is 19.5 Å². The molecule has 0 bridgehead atoms. The number of aliphatic hydroxyl groups excluding tert-OH is 2. The summed E-state index contributed by atoms with van der Waals surface area (Å²) in [6.45, 7) is 0.377. The molecule has 10 N–H and O–H groups in total. The molecule has 27 heteroatoms. The van der Waals surface area contributed by atoms with E-state index in [-0.39, 0.29) is 42.9 Å². The number of imidazole rings is 1. The number of anilines is 1. The predicted molar refractivity (Wildman–Crippen MR) is 160 cm³/mol. The molecule has 2 aromatic rings. The quantitative estimate of drug-likeness (QED) is 0.0424. The van der Waals surface area contributed by atoms with Crippen LogP contribution in [0.4, 0.5) is 5.82 Å². The number of hydrogen-bond acceptors (Lipinski definition) is 17. The molecular weight excluding hydrogens is 727 g/mol. The van der Waals surface area contributed by atoms with Crippen LogP contribution in [0, 0.1) is 5.41 Å². The minimum Gasteiger partial charge on any atom is -0.386 e. The lowest BCUT2D eigenvalue weighted by molar-refractivity contribution is -0.137. The molecular formula is C22H36N7O17P3. The first-order valence-electron chi connectivity index (χ1n) is 14.0. The highest BCUT2D eigenvalue weighted by molar-refractivity contribution is 7.61. The summed E-state index contributed by atoms with van der Waals surface area (Å²) in [4.78, 5) is 84.9. The van der Waals surface area contributed by atoms with Crippen molar-refractivity contribution in [2.45, 2.75) is 57.3 Å². The third-order valence-electron chi connectivity index (χ3n) is 6.66. The summed E-state index contributed by atoms with van der Waals surface area (Å²) in [7, 11) is -16.3. The zero-order valence-electron chi connectivity index (χ0n) is 25.7. The lowest BCUT2D eigenvalue weighted by atomic mass is 9.87. The fraction of sp³-hybridized carbons (Fsp3) is 0.636. The number of rotatable bonds is 19. The molecule has 0 saturated carbocycles. The zero-order valence-corrected chi connectivity index (χ0v) is 28.4. The van der Waals surface area contributed by atoms with Crippen molar-refractivity contribution in [2.75, 3.05) is 32.0 Å². The summed E-state index contributed by atoms with van der Waals surface area (Å²) in [5.41, 5.74) is 4.25. The van der Waals surface area contributed by atoms with Crippen LogP contribution in [0.15, 0.2) is 12.7 Å². The van der Waals surface area contributed by atoms with Crippen LogP contribution in [-0.2, 0) is 50.7 Å². The van der Waals surface area contributed by atoms with Gasteiger partial charge < -0.3 is 55.7 Å². The smallest absolute Gasteiger partial charge is 0.386 e. The van der Waals surface area contributed by atoms with E-state index in [1.165, 1.54) is 13.8 Å². The van der Waals surface area contributed by atoms with Gasteiger partial charge >= 0.3 is 23.5 Å². The van der Waals surface area contributed by atoms with Crippen LogP contribution in [0.2, 0.25) is 0 Å². The van der Waals surface area contributed by atoms with Gasteiger partial charge in [0.2, 0.25) is 11.8 Å². The average molecular weight is 763 g/mol. The summed E-state index contributed by atoms with van der Waals surface area (Å²) >= 11 is 0. The Balaban J connectivity index is 1.59. The van der Waals surface area contributed by atoms with Crippen molar-refractivity contribution < 1.29 is 80.5 Å². The van der Waals surface area contributed by atoms with Gasteiger partial charge in [0.15, 0.2) is 17.7 Å².